The molecule has 0 atom stereocenters. The monoisotopic (exact) mass is 355 g/mol. The predicted octanol–water partition coefficient (Wildman–Crippen LogP) is 2.93. The van der Waals surface area contributed by atoms with Gasteiger partial charge >= 0.3 is 0 Å². The Kier molecular flexibility index (Phi) is 4.25. The van der Waals surface area contributed by atoms with Crippen LogP contribution in [0.4, 0.5) is 0 Å². The molecule has 3 rings (SSSR count). The van der Waals surface area contributed by atoms with E-state index in [1.165, 1.54) is 35.6 Å². The van der Waals surface area contributed by atoms with Crippen LogP contribution in [0.1, 0.15) is 5.89 Å². The van der Waals surface area contributed by atoms with E-state index < -0.39 is 10.0 Å². The van der Waals surface area contributed by atoms with Gasteiger partial charge in [0.1, 0.15) is 0 Å². The van der Waals surface area contributed by atoms with Gasteiger partial charge in [0.15, 0.2) is 0 Å². The molecule has 0 aliphatic carbocycles. The van der Waals surface area contributed by atoms with Gasteiger partial charge in [-0.15, -0.1) is 21.5 Å². The number of nitrogens with zero attached hydrogens (tertiary/aromatic N) is 2. The molecule has 1 N–H and O–H groups in total. The normalized spacial score (nSPS) is 11.7. The molecule has 0 bridgehead atoms. The van der Waals surface area contributed by atoms with Crippen LogP contribution in [0.3, 0.4) is 0 Å². The van der Waals surface area contributed by atoms with Crippen molar-refractivity contribution in [2.75, 3.05) is 0 Å². The highest BCUT2D eigenvalue weighted by molar-refractivity contribution is 7.89. The first-order valence-electron chi connectivity index (χ1n) is 6.16. The number of sulfonamides is 1. The Morgan fingerprint density at radius 3 is 2.64 bits per heavy atom. The molecule has 2 heterocycles. The average Bonchev–Trinajstić information content (AvgIpc) is 3.17. The maximum atomic E-state index is 12.1. The number of hydrogen-bond acceptors (Lipinski definition) is 6. The van der Waals surface area contributed by atoms with Crippen molar-refractivity contribution < 1.29 is 12.8 Å². The molecule has 0 spiro atoms. The van der Waals surface area contributed by atoms with Crippen LogP contribution in [0.5, 0.6) is 0 Å². The van der Waals surface area contributed by atoms with Gasteiger partial charge in [-0.05, 0) is 35.7 Å². The number of aromatic nitrogens is 2. The highest BCUT2D eigenvalue weighted by Crippen LogP contribution is 2.23. The van der Waals surface area contributed by atoms with E-state index in [2.05, 4.69) is 14.9 Å². The zero-order valence-corrected chi connectivity index (χ0v) is 13.5. The molecule has 9 heteroatoms. The first-order chi connectivity index (χ1) is 10.5. The van der Waals surface area contributed by atoms with E-state index in [1.54, 1.807) is 0 Å². The zero-order valence-electron chi connectivity index (χ0n) is 11.1. The Labute approximate surface area is 135 Å². The molecule has 0 fully saturated rings. The minimum Gasteiger partial charge on any atom is -0.418 e. The Bertz CT molecular complexity index is 858. The van der Waals surface area contributed by atoms with E-state index in [0.717, 1.165) is 4.88 Å². The molecule has 0 aliphatic heterocycles. The van der Waals surface area contributed by atoms with Crippen LogP contribution in [0, 0.1) is 0 Å². The number of hydrogen-bond donors (Lipinski definition) is 1. The van der Waals surface area contributed by atoms with Crippen LogP contribution in [0.25, 0.3) is 10.8 Å². The topological polar surface area (TPSA) is 85.1 Å². The number of thiophene rings is 1. The van der Waals surface area contributed by atoms with Gasteiger partial charge in [0, 0.05) is 5.02 Å². The summed E-state index contributed by atoms with van der Waals surface area (Å²) in [5.41, 5.74) is 0. The standard InChI is InChI=1S/C13H10ClN3O3S2/c14-9-3-5-10(6-4-9)22(18,19)15-8-12-16-17-13(20-12)11-2-1-7-21-11/h1-7,15H,8H2. The van der Waals surface area contributed by atoms with Crippen LogP contribution in [0.2, 0.25) is 5.02 Å². The molecule has 2 aromatic heterocycles. The number of halogens is 1. The molecule has 0 aliphatic rings. The van der Waals surface area contributed by atoms with Crippen LogP contribution < -0.4 is 4.72 Å². The van der Waals surface area contributed by atoms with Gasteiger partial charge in [-0.3, -0.25) is 0 Å². The SMILES string of the molecule is O=S(=O)(NCc1nnc(-c2cccs2)o1)c1ccc(Cl)cc1. The minimum absolute atomic E-state index is 0.0800. The zero-order chi connectivity index (χ0) is 15.6. The van der Waals surface area contributed by atoms with E-state index >= 15 is 0 Å². The lowest BCUT2D eigenvalue weighted by Gasteiger charge is -2.04. The van der Waals surface area contributed by atoms with Gasteiger partial charge < -0.3 is 4.42 Å². The van der Waals surface area contributed by atoms with Gasteiger partial charge in [-0.2, -0.15) is 0 Å². The molecular formula is C13H10ClN3O3S2. The molecule has 114 valence electrons. The molecule has 0 unspecified atom stereocenters. The van der Waals surface area contributed by atoms with E-state index in [0.29, 0.717) is 10.9 Å². The molecule has 6 nitrogen and oxygen atoms in total. The Balaban J connectivity index is 1.71. The third-order valence-corrected chi connectivity index (χ3v) is 5.26. The Hall–Kier alpha value is -1.74. The lowest BCUT2D eigenvalue weighted by Crippen LogP contribution is -2.23. The molecule has 0 radical (unpaired) electrons. The molecule has 3 aromatic rings. The molecule has 0 saturated carbocycles. The van der Waals surface area contributed by atoms with Crippen LogP contribution in [-0.4, -0.2) is 18.6 Å². The van der Waals surface area contributed by atoms with Gasteiger partial charge in [0.2, 0.25) is 15.9 Å². The fourth-order valence-corrected chi connectivity index (χ4v) is 3.42. The van der Waals surface area contributed by atoms with E-state index in [1.807, 2.05) is 17.5 Å². The maximum absolute atomic E-state index is 12.1. The van der Waals surface area contributed by atoms with Crippen molar-refractivity contribution >= 4 is 33.0 Å². The smallest absolute Gasteiger partial charge is 0.257 e. The average molecular weight is 356 g/mol. The van der Waals surface area contributed by atoms with Gasteiger partial charge in [-0.25, -0.2) is 13.1 Å². The second kappa shape index (κ2) is 6.17. The lowest BCUT2D eigenvalue weighted by atomic mass is 10.4. The predicted molar refractivity (Wildman–Crippen MR) is 83.1 cm³/mol. The van der Waals surface area contributed by atoms with Gasteiger partial charge in [0.05, 0.1) is 16.3 Å². The Morgan fingerprint density at radius 2 is 1.95 bits per heavy atom. The summed E-state index contributed by atoms with van der Waals surface area (Å²) in [4.78, 5) is 0.953. The summed E-state index contributed by atoms with van der Waals surface area (Å²) in [6.07, 6.45) is 0. The summed E-state index contributed by atoms with van der Waals surface area (Å²) in [5, 5.41) is 10.1. The minimum atomic E-state index is -3.65. The van der Waals surface area contributed by atoms with Crippen LogP contribution in [0.15, 0.2) is 51.1 Å². The summed E-state index contributed by atoms with van der Waals surface area (Å²) in [6.45, 7) is -0.0800. The van der Waals surface area contributed by atoms with Crippen molar-refractivity contribution in [3.63, 3.8) is 0 Å². The number of rotatable bonds is 5. The highest BCUT2D eigenvalue weighted by atomic mass is 35.5. The van der Waals surface area contributed by atoms with Crippen LogP contribution in [-0.2, 0) is 16.6 Å². The van der Waals surface area contributed by atoms with E-state index in [-0.39, 0.29) is 17.3 Å². The van der Waals surface area contributed by atoms with Crippen molar-refractivity contribution in [1.82, 2.24) is 14.9 Å². The molecule has 1 aromatic carbocycles. The maximum Gasteiger partial charge on any atom is 0.257 e. The highest BCUT2D eigenvalue weighted by Gasteiger charge is 2.16. The molecule has 0 amide bonds. The third kappa shape index (κ3) is 3.36. The van der Waals surface area contributed by atoms with Crippen LogP contribution >= 0.6 is 22.9 Å². The van der Waals surface area contributed by atoms with Crippen molar-refractivity contribution in [2.45, 2.75) is 11.4 Å². The molecule has 0 saturated heterocycles. The van der Waals surface area contributed by atoms with Crippen molar-refractivity contribution in [3.8, 4) is 10.8 Å². The number of nitrogens with one attached hydrogen (secondary N) is 1. The quantitative estimate of drug-likeness (QED) is 0.760. The van der Waals surface area contributed by atoms with Crippen molar-refractivity contribution in [3.05, 3.63) is 52.7 Å². The fourth-order valence-electron chi connectivity index (χ4n) is 1.68. The first kappa shape index (κ1) is 15.2. The van der Waals surface area contributed by atoms with E-state index in [4.69, 9.17) is 16.0 Å². The fraction of sp³-hybridized carbons (Fsp3) is 0.0769. The summed E-state index contributed by atoms with van der Waals surface area (Å²) >= 11 is 7.20. The van der Waals surface area contributed by atoms with E-state index in [9.17, 15) is 8.42 Å². The summed E-state index contributed by atoms with van der Waals surface area (Å²) in [7, 11) is -3.65. The number of benzene rings is 1. The third-order valence-electron chi connectivity index (χ3n) is 2.74. The van der Waals surface area contributed by atoms with Gasteiger partial charge in [0.25, 0.3) is 5.89 Å². The lowest BCUT2D eigenvalue weighted by molar-refractivity contribution is 0.495. The Morgan fingerprint density at radius 1 is 1.18 bits per heavy atom. The van der Waals surface area contributed by atoms with Crippen molar-refractivity contribution in [1.29, 1.82) is 0 Å². The molecule has 22 heavy (non-hydrogen) atoms. The second-order valence-electron chi connectivity index (χ2n) is 4.26. The largest absolute Gasteiger partial charge is 0.418 e. The summed E-state index contributed by atoms with van der Waals surface area (Å²) in [5.74, 6) is 0.566. The molecular weight excluding hydrogens is 346 g/mol. The van der Waals surface area contributed by atoms with Gasteiger partial charge in [-0.1, -0.05) is 17.7 Å². The summed E-state index contributed by atoms with van der Waals surface area (Å²) in [6, 6.07) is 9.59. The van der Waals surface area contributed by atoms with Crippen molar-refractivity contribution in [2.24, 2.45) is 0 Å². The summed E-state index contributed by atoms with van der Waals surface area (Å²) < 4.78 is 32.0. The first-order valence-corrected chi connectivity index (χ1v) is 8.90. The second-order valence-corrected chi connectivity index (χ2v) is 7.41.